The van der Waals surface area contributed by atoms with E-state index in [0.717, 1.165) is 25.1 Å². The molecule has 1 aromatic rings. The van der Waals surface area contributed by atoms with Crippen LogP contribution in [0, 0.1) is 6.92 Å². The monoisotopic (exact) mass is 332 g/mol. The molecule has 24 heavy (non-hydrogen) atoms. The third-order valence-electron chi connectivity index (χ3n) is 4.98. The average molecular weight is 332 g/mol. The Labute approximate surface area is 142 Å². The third-order valence-corrected chi connectivity index (χ3v) is 4.98. The molecule has 6 nitrogen and oxygen atoms in total. The molecule has 1 amide bonds. The number of likely N-dealkylation sites (tertiary alicyclic amines) is 1. The van der Waals surface area contributed by atoms with Gasteiger partial charge < -0.3 is 14.7 Å². The van der Waals surface area contributed by atoms with Crippen LogP contribution >= 0.6 is 0 Å². The quantitative estimate of drug-likeness (QED) is 0.906. The molecule has 130 valence electrons. The number of ether oxygens (including phenoxy) is 1. The van der Waals surface area contributed by atoms with Crippen LogP contribution in [-0.4, -0.2) is 71.7 Å². The van der Waals surface area contributed by atoms with Gasteiger partial charge in [0, 0.05) is 31.2 Å². The molecule has 0 saturated carbocycles. The Morgan fingerprint density at radius 1 is 1.12 bits per heavy atom. The first kappa shape index (κ1) is 16.9. The van der Waals surface area contributed by atoms with Crippen LogP contribution in [0.15, 0.2) is 24.3 Å². The SMILES string of the molecule is Cc1ccc(C(=O)N2CC[C@H](N3CCOCC3)C[C@@H]2C(=O)O)cc1. The van der Waals surface area contributed by atoms with E-state index in [0.29, 0.717) is 31.7 Å². The summed E-state index contributed by atoms with van der Waals surface area (Å²) in [5, 5.41) is 9.63. The van der Waals surface area contributed by atoms with Gasteiger partial charge in [-0.2, -0.15) is 0 Å². The first-order chi connectivity index (χ1) is 11.6. The van der Waals surface area contributed by atoms with Crippen molar-refractivity contribution in [1.29, 1.82) is 0 Å². The van der Waals surface area contributed by atoms with Crippen molar-refractivity contribution in [3.8, 4) is 0 Å². The van der Waals surface area contributed by atoms with Gasteiger partial charge in [0.1, 0.15) is 6.04 Å². The molecule has 6 heteroatoms. The first-order valence-electron chi connectivity index (χ1n) is 8.48. The Kier molecular flexibility index (Phi) is 5.16. The van der Waals surface area contributed by atoms with Gasteiger partial charge in [0.15, 0.2) is 0 Å². The van der Waals surface area contributed by atoms with E-state index in [9.17, 15) is 14.7 Å². The van der Waals surface area contributed by atoms with Crippen LogP contribution in [0.5, 0.6) is 0 Å². The summed E-state index contributed by atoms with van der Waals surface area (Å²) in [5.74, 6) is -1.11. The molecule has 2 saturated heterocycles. The number of carbonyl (C=O) groups is 2. The lowest BCUT2D eigenvalue weighted by atomic mass is 9.94. The van der Waals surface area contributed by atoms with Crippen molar-refractivity contribution in [2.24, 2.45) is 0 Å². The number of benzene rings is 1. The van der Waals surface area contributed by atoms with Crippen LogP contribution in [0.1, 0.15) is 28.8 Å². The van der Waals surface area contributed by atoms with E-state index in [1.165, 1.54) is 4.90 Å². The van der Waals surface area contributed by atoms with E-state index in [1.807, 2.05) is 19.1 Å². The summed E-state index contributed by atoms with van der Waals surface area (Å²) in [5.41, 5.74) is 1.63. The van der Waals surface area contributed by atoms with Gasteiger partial charge in [-0.25, -0.2) is 4.79 Å². The van der Waals surface area contributed by atoms with Gasteiger partial charge in [-0.1, -0.05) is 17.7 Å². The predicted octanol–water partition coefficient (Wildman–Crippen LogP) is 1.39. The molecule has 2 aliphatic heterocycles. The van der Waals surface area contributed by atoms with E-state index in [4.69, 9.17) is 4.74 Å². The summed E-state index contributed by atoms with van der Waals surface area (Å²) < 4.78 is 5.37. The molecule has 0 radical (unpaired) electrons. The zero-order chi connectivity index (χ0) is 17.1. The van der Waals surface area contributed by atoms with Gasteiger partial charge >= 0.3 is 5.97 Å². The minimum atomic E-state index is -0.923. The molecular weight excluding hydrogens is 308 g/mol. The number of carboxylic acids is 1. The second-order valence-corrected chi connectivity index (χ2v) is 6.55. The zero-order valence-electron chi connectivity index (χ0n) is 14.0. The summed E-state index contributed by atoms with van der Waals surface area (Å²) >= 11 is 0. The van der Waals surface area contributed by atoms with Crippen LogP contribution in [0.2, 0.25) is 0 Å². The van der Waals surface area contributed by atoms with E-state index < -0.39 is 12.0 Å². The number of morpholine rings is 1. The molecule has 2 atom stereocenters. The largest absolute Gasteiger partial charge is 0.480 e. The molecule has 1 aromatic carbocycles. The summed E-state index contributed by atoms with van der Waals surface area (Å²) in [7, 11) is 0. The fraction of sp³-hybridized carbons (Fsp3) is 0.556. The highest BCUT2D eigenvalue weighted by Gasteiger charge is 2.38. The summed E-state index contributed by atoms with van der Waals surface area (Å²) in [4.78, 5) is 28.3. The molecular formula is C18H24N2O4. The summed E-state index contributed by atoms with van der Waals surface area (Å²) in [6.07, 6.45) is 1.29. The number of aliphatic carboxylic acids is 1. The lowest BCUT2D eigenvalue weighted by Crippen LogP contribution is -2.56. The van der Waals surface area contributed by atoms with Crippen molar-refractivity contribution >= 4 is 11.9 Å². The molecule has 0 aromatic heterocycles. The Morgan fingerprint density at radius 3 is 2.42 bits per heavy atom. The van der Waals surface area contributed by atoms with Crippen molar-refractivity contribution < 1.29 is 19.4 Å². The maximum atomic E-state index is 12.7. The Morgan fingerprint density at radius 2 is 1.79 bits per heavy atom. The summed E-state index contributed by atoms with van der Waals surface area (Å²) in [6.45, 7) is 5.50. The van der Waals surface area contributed by atoms with Gasteiger partial charge in [0.05, 0.1) is 13.2 Å². The highest BCUT2D eigenvalue weighted by Crippen LogP contribution is 2.25. The number of nitrogens with zero attached hydrogens (tertiary/aromatic N) is 2. The smallest absolute Gasteiger partial charge is 0.326 e. The maximum absolute atomic E-state index is 12.7. The van der Waals surface area contributed by atoms with E-state index >= 15 is 0 Å². The van der Waals surface area contributed by atoms with Gasteiger partial charge in [-0.15, -0.1) is 0 Å². The highest BCUT2D eigenvalue weighted by molar-refractivity contribution is 5.96. The average Bonchev–Trinajstić information content (AvgIpc) is 2.62. The van der Waals surface area contributed by atoms with Crippen molar-refractivity contribution in [3.05, 3.63) is 35.4 Å². The van der Waals surface area contributed by atoms with Gasteiger partial charge in [0.25, 0.3) is 5.91 Å². The Hall–Kier alpha value is -1.92. The van der Waals surface area contributed by atoms with Crippen LogP contribution < -0.4 is 0 Å². The van der Waals surface area contributed by atoms with Crippen molar-refractivity contribution in [2.45, 2.75) is 31.8 Å². The standard InChI is InChI=1S/C18H24N2O4/c1-13-2-4-14(5-3-13)17(21)20-7-6-15(12-16(20)18(22)23)19-8-10-24-11-9-19/h2-5,15-16H,6-12H2,1H3,(H,22,23)/t15-,16+/m0/s1. The third kappa shape index (κ3) is 3.60. The number of amides is 1. The van der Waals surface area contributed by atoms with Crippen LogP contribution in [-0.2, 0) is 9.53 Å². The molecule has 2 heterocycles. The van der Waals surface area contributed by atoms with Gasteiger partial charge in [0.2, 0.25) is 0 Å². The van der Waals surface area contributed by atoms with Crippen molar-refractivity contribution in [2.75, 3.05) is 32.8 Å². The van der Waals surface area contributed by atoms with Gasteiger partial charge in [-0.3, -0.25) is 9.69 Å². The van der Waals surface area contributed by atoms with Crippen molar-refractivity contribution in [3.63, 3.8) is 0 Å². The molecule has 2 aliphatic rings. The Bertz CT molecular complexity index is 596. The van der Waals surface area contributed by atoms with E-state index in [1.54, 1.807) is 12.1 Å². The normalized spacial score (nSPS) is 25.5. The predicted molar refractivity (Wildman–Crippen MR) is 89.1 cm³/mol. The lowest BCUT2D eigenvalue weighted by molar-refractivity contribution is -0.144. The highest BCUT2D eigenvalue weighted by atomic mass is 16.5. The zero-order valence-corrected chi connectivity index (χ0v) is 14.0. The lowest BCUT2D eigenvalue weighted by Gasteiger charge is -2.43. The van der Waals surface area contributed by atoms with Crippen LogP contribution in [0.3, 0.4) is 0 Å². The molecule has 0 aliphatic carbocycles. The fourth-order valence-corrected chi connectivity index (χ4v) is 3.56. The second-order valence-electron chi connectivity index (χ2n) is 6.55. The Balaban J connectivity index is 1.72. The molecule has 0 unspecified atom stereocenters. The first-order valence-corrected chi connectivity index (χ1v) is 8.48. The minimum Gasteiger partial charge on any atom is -0.480 e. The molecule has 0 bridgehead atoms. The number of hydrogen-bond acceptors (Lipinski definition) is 4. The molecule has 2 fully saturated rings. The minimum absolute atomic E-state index is 0.192. The van der Waals surface area contributed by atoms with Crippen LogP contribution in [0.25, 0.3) is 0 Å². The van der Waals surface area contributed by atoms with Crippen molar-refractivity contribution in [1.82, 2.24) is 9.80 Å². The molecule has 3 rings (SSSR count). The summed E-state index contributed by atoms with van der Waals surface area (Å²) in [6, 6.07) is 6.74. The van der Waals surface area contributed by atoms with Gasteiger partial charge in [-0.05, 0) is 31.9 Å². The maximum Gasteiger partial charge on any atom is 0.326 e. The molecule has 1 N–H and O–H groups in total. The number of rotatable bonds is 3. The van der Waals surface area contributed by atoms with E-state index in [-0.39, 0.29) is 11.9 Å². The van der Waals surface area contributed by atoms with E-state index in [2.05, 4.69) is 4.90 Å². The topological polar surface area (TPSA) is 70.1 Å². The number of piperidine rings is 1. The second kappa shape index (κ2) is 7.32. The van der Waals surface area contributed by atoms with Crippen LogP contribution in [0.4, 0.5) is 0 Å². The number of carboxylic acid groups (broad SMARTS) is 1. The number of aryl methyl sites for hydroxylation is 1. The fourth-order valence-electron chi connectivity index (χ4n) is 3.56. The number of hydrogen-bond donors (Lipinski definition) is 1. The molecule has 0 spiro atoms. The number of carbonyl (C=O) groups excluding carboxylic acids is 1.